The molecule has 1 fully saturated rings. The molecule has 0 aromatic heterocycles. The topological polar surface area (TPSA) is 68.2 Å². The number of nitrogens with zero attached hydrogens (tertiary/aromatic N) is 2. The van der Waals surface area contributed by atoms with E-state index in [2.05, 4.69) is 27.6 Å². The highest BCUT2D eigenvalue weighted by Crippen LogP contribution is 2.34. The van der Waals surface area contributed by atoms with Crippen molar-refractivity contribution in [3.8, 4) is 11.5 Å². The molecule has 0 radical (unpaired) electrons. The van der Waals surface area contributed by atoms with Gasteiger partial charge in [-0.05, 0) is 59.0 Å². The van der Waals surface area contributed by atoms with Gasteiger partial charge in [-0.3, -0.25) is 9.59 Å². The number of halogens is 2. The second kappa shape index (κ2) is 7.63. The molecule has 0 aliphatic carbocycles. The maximum atomic E-state index is 12.8. The molecule has 1 aliphatic heterocycles. The first kappa shape index (κ1) is 18.7. The van der Waals surface area contributed by atoms with Crippen LogP contribution in [-0.2, 0) is 9.59 Å². The van der Waals surface area contributed by atoms with Gasteiger partial charge in [0, 0.05) is 9.64 Å². The van der Waals surface area contributed by atoms with Crippen LogP contribution in [0.3, 0.4) is 0 Å². The summed E-state index contributed by atoms with van der Waals surface area (Å²) < 4.78 is 11.4. The summed E-state index contributed by atoms with van der Waals surface area (Å²) in [7, 11) is 3.01. The van der Waals surface area contributed by atoms with Crippen LogP contribution in [0.25, 0.3) is 0 Å². The van der Waals surface area contributed by atoms with Crippen LogP contribution < -0.4 is 14.4 Å². The lowest BCUT2D eigenvalue weighted by Gasteiger charge is -2.13. The van der Waals surface area contributed by atoms with Gasteiger partial charge in [-0.1, -0.05) is 0 Å². The summed E-state index contributed by atoms with van der Waals surface area (Å²) in [5, 5.41) is -1.17. The Labute approximate surface area is 168 Å². The van der Waals surface area contributed by atoms with Crippen molar-refractivity contribution in [2.75, 3.05) is 19.1 Å². The third kappa shape index (κ3) is 3.41. The molecule has 0 spiro atoms. The number of anilines is 1. The first-order valence-corrected chi connectivity index (χ1v) is 9.06. The Hall–Kier alpha value is -2.13. The van der Waals surface area contributed by atoms with E-state index in [1.54, 1.807) is 42.5 Å². The smallest absolute Gasteiger partial charge is 0.281 e. The van der Waals surface area contributed by atoms with Gasteiger partial charge < -0.3 is 9.47 Å². The van der Waals surface area contributed by atoms with Crippen LogP contribution in [0, 0.1) is 3.57 Å². The summed E-state index contributed by atoms with van der Waals surface area (Å²) >= 11 is 8.35. The predicted molar refractivity (Wildman–Crippen MR) is 108 cm³/mol. The van der Waals surface area contributed by atoms with E-state index in [4.69, 9.17) is 21.1 Å². The highest BCUT2D eigenvalue weighted by atomic mass is 127. The van der Waals surface area contributed by atoms with Crippen molar-refractivity contribution in [2.45, 2.75) is 5.38 Å². The van der Waals surface area contributed by atoms with Crippen molar-refractivity contribution in [1.82, 2.24) is 0 Å². The van der Waals surface area contributed by atoms with Gasteiger partial charge in [0.1, 0.15) is 22.9 Å². The quantitative estimate of drug-likeness (QED) is 0.378. The van der Waals surface area contributed by atoms with E-state index >= 15 is 0 Å². The third-order valence-electron chi connectivity index (χ3n) is 3.81. The summed E-state index contributed by atoms with van der Waals surface area (Å²) in [5.41, 5.74) is 0.758. The summed E-state index contributed by atoms with van der Waals surface area (Å²) in [4.78, 5) is 30.7. The number of aliphatic imine (C=N–C) groups is 1. The number of amides is 2. The Balaban J connectivity index is 2.03. The van der Waals surface area contributed by atoms with Gasteiger partial charge >= 0.3 is 0 Å². The Morgan fingerprint density at radius 3 is 2.38 bits per heavy atom. The van der Waals surface area contributed by atoms with Crippen molar-refractivity contribution in [3.05, 3.63) is 46.0 Å². The number of ether oxygens (including phenoxy) is 2. The van der Waals surface area contributed by atoms with E-state index < -0.39 is 17.2 Å². The lowest BCUT2D eigenvalue weighted by atomic mass is 10.2. The van der Waals surface area contributed by atoms with Crippen molar-refractivity contribution >= 4 is 63.1 Å². The van der Waals surface area contributed by atoms with E-state index in [0.717, 1.165) is 8.47 Å². The van der Waals surface area contributed by atoms with Crippen molar-refractivity contribution in [3.63, 3.8) is 0 Å². The maximum absolute atomic E-state index is 12.8. The van der Waals surface area contributed by atoms with Gasteiger partial charge in [-0.25, -0.2) is 9.89 Å². The van der Waals surface area contributed by atoms with Crippen LogP contribution in [0.4, 0.5) is 11.4 Å². The molecule has 0 bridgehead atoms. The predicted octanol–water partition coefficient (Wildman–Crippen LogP) is 3.56. The number of alkyl halides is 1. The van der Waals surface area contributed by atoms with Crippen LogP contribution in [0.1, 0.15) is 0 Å². The van der Waals surface area contributed by atoms with E-state index in [0.29, 0.717) is 22.9 Å². The van der Waals surface area contributed by atoms with Gasteiger partial charge in [0.05, 0.1) is 19.9 Å². The average molecular weight is 485 g/mol. The second-order valence-corrected chi connectivity index (χ2v) is 7.03. The number of carbonyl (C=O) groups excluding carboxylic acids is 2. The Bertz CT molecular complexity index is 899. The molecule has 8 heteroatoms. The van der Waals surface area contributed by atoms with Gasteiger partial charge in [0.15, 0.2) is 5.38 Å². The fraction of sp³-hybridized carbons (Fsp3) is 0.167. The Kier molecular flexibility index (Phi) is 5.47. The molecule has 1 unspecified atom stereocenters. The molecule has 1 aliphatic rings. The molecule has 26 heavy (non-hydrogen) atoms. The van der Waals surface area contributed by atoms with E-state index in [1.165, 1.54) is 14.2 Å². The zero-order valence-corrected chi connectivity index (χ0v) is 16.8. The summed E-state index contributed by atoms with van der Waals surface area (Å²) in [5.74, 6) is -0.0998. The molecule has 2 aromatic carbocycles. The molecular weight excluding hydrogens is 471 g/mol. The van der Waals surface area contributed by atoms with Crippen LogP contribution in [0.5, 0.6) is 11.5 Å². The van der Waals surface area contributed by atoms with Crippen LogP contribution in [-0.4, -0.2) is 37.1 Å². The SMILES string of the molecule is COc1ccc(OC)c(N=C2C(=O)N(c3ccc(I)cc3)C(=O)C2Cl)c1. The van der Waals surface area contributed by atoms with Crippen molar-refractivity contribution < 1.29 is 19.1 Å². The number of hydrogen-bond donors (Lipinski definition) is 0. The standard InChI is InChI=1S/C18H14ClIN2O4/c1-25-12-7-8-14(26-2)13(9-12)21-16-15(19)17(23)22(18(16)24)11-5-3-10(20)4-6-11/h3-9,15H,1-2H3. The van der Waals surface area contributed by atoms with E-state index in [1.807, 2.05) is 0 Å². The van der Waals surface area contributed by atoms with E-state index in [-0.39, 0.29) is 5.71 Å². The molecule has 6 nitrogen and oxygen atoms in total. The van der Waals surface area contributed by atoms with Gasteiger partial charge in [0.25, 0.3) is 11.8 Å². The van der Waals surface area contributed by atoms with Crippen molar-refractivity contribution in [2.24, 2.45) is 4.99 Å². The molecule has 1 heterocycles. The maximum Gasteiger partial charge on any atom is 0.281 e. The fourth-order valence-electron chi connectivity index (χ4n) is 2.51. The average Bonchev–Trinajstić information content (AvgIpc) is 2.86. The molecule has 3 rings (SSSR count). The first-order chi connectivity index (χ1) is 12.5. The number of imide groups is 1. The normalized spacial score (nSPS) is 18.5. The molecule has 2 aromatic rings. The molecule has 0 N–H and O–H groups in total. The zero-order valence-electron chi connectivity index (χ0n) is 13.9. The molecule has 0 saturated carbocycles. The zero-order chi connectivity index (χ0) is 18.8. The number of methoxy groups -OCH3 is 2. The van der Waals surface area contributed by atoms with Gasteiger partial charge in [-0.15, -0.1) is 11.6 Å². The lowest BCUT2D eigenvalue weighted by Crippen LogP contribution is -2.31. The number of hydrogen-bond acceptors (Lipinski definition) is 5. The Morgan fingerprint density at radius 2 is 1.77 bits per heavy atom. The van der Waals surface area contributed by atoms with E-state index in [9.17, 15) is 9.59 Å². The summed E-state index contributed by atoms with van der Waals surface area (Å²) in [6.45, 7) is 0. The summed E-state index contributed by atoms with van der Waals surface area (Å²) in [6, 6.07) is 12.0. The van der Waals surface area contributed by atoms with Gasteiger partial charge in [-0.2, -0.15) is 0 Å². The number of benzene rings is 2. The first-order valence-electron chi connectivity index (χ1n) is 7.54. The fourth-order valence-corrected chi connectivity index (χ4v) is 3.11. The molecular formula is C18H14ClIN2O4. The largest absolute Gasteiger partial charge is 0.497 e. The second-order valence-electron chi connectivity index (χ2n) is 5.35. The Morgan fingerprint density at radius 1 is 1.08 bits per heavy atom. The van der Waals surface area contributed by atoms with Crippen LogP contribution >= 0.6 is 34.2 Å². The van der Waals surface area contributed by atoms with Crippen LogP contribution in [0.2, 0.25) is 0 Å². The molecule has 2 amide bonds. The van der Waals surface area contributed by atoms with Crippen LogP contribution in [0.15, 0.2) is 47.5 Å². The van der Waals surface area contributed by atoms with Crippen molar-refractivity contribution in [1.29, 1.82) is 0 Å². The third-order valence-corrected chi connectivity index (χ3v) is 4.92. The minimum Gasteiger partial charge on any atom is -0.497 e. The highest BCUT2D eigenvalue weighted by Gasteiger charge is 2.44. The minimum atomic E-state index is -1.17. The summed E-state index contributed by atoms with van der Waals surface area (Å²) in [6.07, 6.45) is 0. The van der Waals surface area contributed by atoms with Gasteiger partial charge in [0.2, 0.25) is 0 Å². The minimum absolute atomic E-state index is 0.0539. The number of rotatable bonds is 4. The number of carbonyl (C=O) groups is 2. The molecule has 1 saturated heterocycles. The molecule has 1 atom stereocenters. The highest BCUT2D eigenvalue weighted by molar-refractivity contribution is 14.1. The molecule has 134 valence electrons. The monoisotopic (exact) mass is 484 g/mol. The lowest BCUT2D eigenvalue weighted by molar-refractivity contribution is -0.120.